The molecule has 1 N–H and O–H groups in total. The largest absolute Gasteiger partial charge is 0.467 e. The number of furan rings is 1. The fraction of sp³-hybridized carbons (Fsp3) is 0.208. The second-order valence-electron chi connectivity index (χ2n) is 7.59. The van der Waals surface area contributed by atoms with Crippen LogP contribution >= 0.6 is 11.6 Å². The molecule has 0 radical (unpaired) electrons. The van der Waals surface area contributed by atoms with Gasteiger partial charge in [0.25, 0.3) is 5.69 Å². The van der Waals surface area contributed by atoms with E-state index in [4.69, 9.17) is 16.0 Å². The number of benzene rings is 2. The monoisotopic (exact) mass is 466 g/mol. The highest BCUT2D eigenvalue weighted by molar-refractivity contribution is 6.30. The summed E-state index contributed by atoms with van der Waals surface area (Å²) < 4.78 is 5.30. The lowest BCUT2D eigenvalue weighted by Crippen LogP contribution is -2.48. The summed E-state index contributed by atoms with van der Waals surface area (Å²) in [6.45, 7) is 2.75. The molecule has 1 fully saturated rings. The van der Waals surface area contributed by atoms with Crippen LogP contribution in [-0.4, -0.2) is 41.9 Å². The first kappa shape index (κ1) is 22.4. The van der Waals surface area contributed by atoms with Gasteiger partial charge >= 0.3 is 0 Å². The van der Waals surface area contributed by atoms with Gasteiger partial charge in [-0.1, -0.05) is 23.7 Å². The van der Waals surface area contributed by atoms with Gasteiger partial charge in [0.2, 0.25) is 5.91 Å². The van der Waals surface area contributed by atoms with E-state index in [2.05, 4.69) is 10.2 Å². The Morgan fingerprint density at radius 1 is 1.12 bits per heavy atom. The average Bonchev–Trinajstić information content (AvgIpc) is 3.36. The van der Waals surface area contributed by atoms with Crippen LogP contribution in [0.3, 0.4) is 0 Å². The third kappa shape index (κ3) is 5.72. The Hall–Kier alpha value is -3.78. The fourth-order valence-electron chi connectivity index (χ4n) is 3.65. The Bertz CT molecular complexity index is 1140. The zero-order valence-corrected chi connectivity index (χ0v) is 18.6. The summed E-state index contributed by atoms with van der Waals surface area (Å²) in [7, 11) is 0. The van der Waals surface area contributed by atoms with Crippen LogP contribution in [0.4, 0.5) is 17.1 Å². The minimum absolute atomic E-state index is 0.00598. The van der Waals surface area contributed by atoms with Crippen LogP contribution in [-0.2, 0) is 11.3 Å². The summed E-state index contributed by atoms with van der Waals surface area (Å²) in [6, 6.07) is 15.9. The van der Waals surface area contributed by atoms with E-state index < -0.39 is 4.92 Å². The molecule has 1 aliphatic heterocycles. The third-order valence-corrected chi connectivity index (χ3v) is 5.71. The lowest BCUT2D eigenvalue weighted by Gasteiger charge is -2.35. The Morgan fingerprint density at radius 2 is 1.88 bits per heavy atom. The number of hydrogen-bond donors (Lipinski definition) is 1. The number of nitro benzene ring substituents is 1. The molecule has 0 bridgehead atoms. The van der Waals surface area contributed by atoms with E-state index in [1.54, 1.807) is 59.7 Å². The van der Waals surface area contributed by atoms with Gasteiger partial charge in [-0.2, -0.15) is 0 Å². The smallest absolute Gasteiger partial charge is 0.292 e. The maximum Gasteiger partial charge on any atom is 0.292 e. The highest BCUT2D eigenvalue weighted by Gasteiger charge is 2.22. The number of anilines is 2. The first-order chi connectivity index (χ1) is 16.0. The average molecular weight is 467 g/mol. The summed E-state index contributed by atoms with van der Waals surface area (Å²) in [5.74, 6) is 0.641. The molecule has 2 aromatic carbocycles. The molecule has 0 unspecified atom stereocenters. The molecule has 3 aromatic rings. The van der Waals surface area contributed by atoms with Gasteiger partial charge in [0.15, 0.2) is 0 Å². The van der Waals surface area contributed by atoms with Crippen molar-refractivity contribution in [1.29, 1.82) is 0 Å². The number of amides is 1. The van der Waals surface area contributed by atoms with E-state index in [0.29, 0.717) is 49.2 Å². The van der Waals surface area contributed by atoms with Crippen molar-refractivity contribution in [3.8, 4) is 0 Å². The molecule has 0 spiro atoms. The number of nitro groups is 1. The highest BCUT2D eigenvalue weighted by atomic mass is 35.5. The molecule has 4 rings (SSSR count). The van der Waals surface area contributed by atoms with Gasteiger partial charge in [-0.15, -0.1) is 0 Å². The third-order valence-electron chi connectivity index (χ3n) is 5.45. The van der Waals surface area contributed by atoms with Crippen molar-refractivity contribution in [2.75, 3.05) is 36.4 Å². The molecule has 1 aliphatic rings. The first-order valence-corrected chi connectivity index (χ1v) is 10.9. The van der Waals surface area contributed by atoms with Crippen LogP contribution < -0.4 is 10.2 Å². The Kier molecular flexibility index (Phi) is 6.95. The molecule has 170 valence electrons. The maximum absolute atomic E-state index is 12.6. The highest BCUT2D eigenvalue weighted by Crippen LogP contribution is 2.30. The van der Waals surface area contributed by atoms with Crippen molar-refractivity contribution in [1.82, 2.24) is 4.90 Å². The molecule has 0 aliphatic carbocycles. The van der Waals surface area contributed by atoms with Crippen LogP contribution in [0.25, 0.3) is 6.08 Å². The van der Waals surface area contributed by atoms with Crippen molar-refractivity contribution >= 4 is 40.6 Å². The van der Waals surface area contributed by atoms with Crippen LogP contribution in [0, 0.1) is 10.1 Å². The van der Waals surface area contributed by atoms with Crippen LogP contribution in [0.2, 0.25) is 5.02 Å². The zero-order valence-electron chi connectivity index (χ0n) is 17.8. The van der Waals surface area contributed by atoms with Crippen molar-refractivity contribution < 1.29 is 14.1 Å². The van der Waals surface area contributed by atoms with Crippen molar-refractivity contribution in [3.63, 3.8) is 0 Å². The van der Waals surface area contributed by atoms with Gasteiger partial charge in [0, 0.05) is 49.0 Å². The SMILES string of the molecule is O=C(C=Cc1ccc(Cl)cc1)N1CCN(c2ccc([N+](=O)[O-])c(NCc3ccco3)c2)CC1. The number of halogens is 1. The minimum Gasteiger partial charge on any atom is -0.467 e. The summed E-state index contributed by atoms with van der Waals surface area (Å²) >= 11 is 5.89. The molecule has 2 heterocycles. The van der Waals surface area contributed by atoms with Gasteiger partial charge in [0.05, 0.1) is 17.7 Å². The number of hydrogen-bond acceptors (Lipinski definition) is 6. The number of carbonyl (C=O) groups is 1. The Labute approximate surface area is 196 Å². The number of rotatable bonds is 7. The summed E-state index contributed by atoms with van der Waals surface area (Å²) in [5.41, 5.74) is 2.21. The van der Waals surface area contributed by atoms with Gasteiger partial charge in [0.1, 0.15) is 11.4 Å². The molecule has 1 aromatic heterocycles. The number of nitrogens with zero attached hydrogens (tertiary/aromatic N) is 3. The van der Waals surface area contributed by atoms with Crippen LogP contribution in [0.15, 0.2) is 71.4 Å². The Balaban J connectivity index is 1.38. The molecule has 8 nitrogen and oxygen atoms in total. The first-order valence-electron chi connectivity index (χ1n) is 10.5. The number of nitrogens with one attached hydrogen (secondary N) is 1. The molecular weight excluding hydrogens is 444 g/mol. The summed E-state index contributed by atoms with van der Waals surface area (Å²) in [4.78, 5) is 27.5. The predicted molar refractivity (Wildman–Crippen MR) is 128 cm³/mol. The molecule has 0 atom stereocenters. The summed E-state index contributed by atoms with van der Waals surface area (Å²) in [6.07, 6.45) is 4.91. The fourth-order valence-corrected chi connectivity index (χ4v) is 3.77. The molecule has 0 saturated carbocycles. The van der Waals surface area contributed by atoms with Crippen molar-refractivity contribution in [2.45, 2.75) is 6.54 Å². The van der Waals surface area contributed by atoms with E-state index >= 15 is 0 Å². The zero-order chi connectivity index (χ0) is 23.2. The predicted octanol–water partition coefficient (Wildman–Crippen LogP) is 4.82. The number of carbonyl (C=O) groups excluding carboxylic acids is 1. The molecule has 1 saturated heterocycles. The van der Waals surface area contributed by atoms with Crippen molar-refractivity contribution in [3.05, 3.63) is 93.4 Å². The topological polar surface area (TPSA) is 91.9 Å². The standard InChI is InChI=1S/C24H23ClN4O4/c25-19-6-3-18(4-7-19)5-10-24(30)28-13-11-27(12-14-28)20-8-9-23(29(31)32)22(16-20)26-17-21-2-1-15-33-21/h1-10,15-16,26H,11-14,17H2. The second kappa shape index (κ2) is 10.2. The van der Waals surface area contributed by atoms with Crippen molar-refractivity contribution in [2.24, 2.45) is 0 Å². The van der Waals surface area contributed by atoms with E-state index in [1.807, 2.05) is 12.1 Å². The van der Waals surface area contributed by atoms with Gasteiger partial charge in [-0.3, -0.25) is 14.9 Å². The van der Waals surface area contributed by atoms with Gasteiger partial charge < -0.3 is 19.5 Å². The second-order valence-corrected chi connectivity index (χ2v) is 8.03. The quantitative estimate of drug-likeness (QED) is 0.305. The number of piperazine rings is 1. The summed E-state index contributed by atoms with van der Waals surface area (Å²) in [5, 5.41) is 15.2. The Morgan fingerprint density at radius 3 is 2.55 bits per heavy atom. The normalized spacial score (nSPS) is 14.0. The molecule has 33 heavy (non-hydrogen) atoms. The molecular formula is C24H23ClN4O4. The van der Waals surface area contributed by atoms with Crippen LogP contribution in [0.1, 0.15) is 11.3 Å². The van der Waals surface area contributed by atoms with Crippen LogP contribution in [0.5, 0.6) is 0 Å². The molecule has 1 amide bonds. The van der Waals surface area contributed by atoms with E-state index in [1.165, 1.54) is 6.07 Å². The van der Waals surface area contributed by atoms with Gasteiger partial charge in [-0.25, -0.2) is 0 Å². The lowest BCUT2D eigenvalue weighted by molar-refractivity contribution is -0.384. The molecule has 9 heteroatoms. The van der Waals surface area contributed by atoms with E-state index in [0.717, 1.165) is 11.3 Å². The minimum atomic E-state index is -0.405. The maximum atomic E-state index is 12.6. The lowest BCUT2D eigenvalue weighted by atomic mass is 10.2. The van der Waals surface area contributed by atoms with E-state index in [9.17, 15) is 14.9 Å². The van der Waals surface area contributed by atoms with Gasteiger partial charge in [-0.05, 0) is 48.0 Å². The van der Waals surface area contributed by atoms with E-state index in [-0.39, 0.29) is 11.6 Å².